The molecule has 1 aliphatic heterocycles. The highest BCUT2D eigenvalue weighted by molar-refractivity contribution is 8.00. The lowest BCUT2D eigenvalue weighted by Gasteiger charge is -2.09. The topological polar surface area (TPSA) is 44.8 Å². The number of carbonyl (C=O) groups excluding carboxylic acids is 1. The summed E-state index contributed by atoms with van der Waals surface area (Å²) < 4.78 is 16.4. The van der Waals surface area contributed by atoms with E-state index >= 15 is 0 Å². The van der Waals surface area contributed by atoms with Crippen molar-refractivity contribution < 1.29 is 19.0 Å². The molecule has 0 aromatic heterocycles. The van der Waals surface area contributed by atoms with Crippen molar-refractivity contribution in [3.05, 3.63) is 47.0 Å². The normalized spacial score (nSPS) is 13.2. The first-order valence-corrected chi connectivity index (χ1v) is 8.93. The number of ketones is 1. The van der Waals surface area contributed by atoms with Gasteiger partial charge < -0.3 is 14.2 Å². The van der Waals surface area contributed by atoms with E-state index in [9.17, 15) is 4.79 Å². The van der Waals surface area contributed by atoms with E-state index in [2.05, 4.69) is 0 Å². The zero-order valence-electron chi connectivity index (χ0n) is 13.2. The van der Waals surface area contributed by atoms with Gasteiger partial charge in [-0.25, -0.2) is 0 Å². The maximum Gasteiger partial charge on any atom is 0.173 e. The van der Waals surface area contributed by atoms with Gasteiger partial charge in [0.25, 0.3) is 0 Å². The first-order chi connectivity index (χ1) is 11.7. The van der Waals surface area contributed by atoms with E-state index in [0.717, 1.165) is 22.8 Å². The summed E-state index contributed by atoms with van der Waals surface area (Å²) in [5.74, 6) is 2.38. The minimum atomic E-state index is 0.0108. The van der Waals surface area contributed by atoms with Gasteiger partial charge in [0.15, 0.2) is 17.3 Å². The molecule has 2 aromatic carbocycles. The third-order valence-electron chi connectivity index (χ3n) is 3.56. The fourth-order valence-electron chi connectivity index (χ4n) is 2.31. The van der Waals surface area contributed by atoms with E-state index < -0.39 is 0 Å². The van der Waals surface area contributed by atoms with Crippen LogP contribution < -0.4 is 14.2 Å². The van der Waals surface area contributed by atoms with Gasteiger partial charge in [-0.05, 0) is 36.4 Å². The molecule has 0 atom stereocenters. The maximum absolute atomic E-state index is 12.3. The van der Waals surface area contributed by atoms with Crippen LogP contribution >= 0.6 is 23.4 Å². The molecule has 24 heavy (non-hydrogen) atoms. The van der Waals surface area contributed by atoms with Gasteiger partial charge in [0.1, 0.15) is 5.75 Å². The van der Waals surface area contributed by atoms with Gasteiger partial charge in [0.05, 0.1) is 31.1 Å². The first-order valence-electron chi connectivity index (χ1n) is 7.56. The lowest BCUT2D eigenvalue weighted by molar-refractivity contribution is 0.102. The number of rotatable bonds is 5. The van der Waals surface area contributed by atoms with Crippen molar-refractivity contribution in [2.24, 2.45) is 0 Å². The Morgan fingerprint density at radius 1 is 1.17 bits per heavy atom. The second-order valence-electron chi connectivity index (χ2n) is 5.22. The Kier molecular flexibility index (Phi) is 5.53. The highest BCUT2D eigenvalue weighted by Gasteiger charge is 2.13. The number of methoxy groups -OCH3 is 1. The van der Waals surface area contributed by atoms with Crippen LogP contribution in [0.2, 0.25) is 5.02 Å². The molecular formula is C18H17ClO4S. The second-order valence-corrected chi connectivity index (χ2v) is 6.68. The van der Waals surface area contributed by atoms with Crippen LogP contribution in [0, 0.1) is 0 Å². The predicted molar refractivity (Wildman–Crippen MR) is 95.1 cm³/mol. The molecule has 0 N–H and O–H groups in total. The fourth-order valence-corrected chi connectivity index (χ4v) is 3.38. The van der Waals surface area contributed by atoms with Crippen LogP contribution in [0.1, 0.15) is 16.8 Å². The Hall–Kier alpha value is -1.85. The summed E-state index contributed by atoms with van der Waals surface area (Å²) in [7, 11) is 1.54. The van der Waals surface area contributed by atoms with Crippen LogP contribution in [0.15, 0.2) is 41.3 Å². The largest absolute Gasteiger partial charge is 0.495 e. The third-order valence-corrected chi connectivity index (χ3v) is 4.85. The summed E-state index contributed by atoms with van der Waals surface area (Å²) in [6, 6.07) is 10.8. The number of thioether (sulfide) groups is 1. The molecule has 1 heterocycles. The number of ether oxygens (including phenoxy) is 3. The first kappa shape index (κ1) is 17.0. The van der Waals surface area contributed by atoms with Crippen LogP contribution in [-0.4, -0.2) is 31.9 Å². The molecule has 126 valence electrons. The number of benzene rings is 2. The molecule has 0 bridgehead atoms. The Bertz CT molecular complexity index is 748. The summed E-state index contributed by atoms with van der Waals surface area (Å²) in [6.45, 7) is 1.31. The van der Waals surface area contributed by atoms with Gasteiger partial charge in [0.2, 0.25) is 0 Å². The lowest BCUT2D eigenvalue weighted by atomic mass is 10.1. The predicted octanol–water partition coefficient (Wildman–Crippen LogP) is 4.48. The smallest absolute Gasteiger partial charge is 0.173 e. The summed E-state index contributed by atoms with van der Waals surface area (Å²) in [6.07, 6.45) is 0.869. The minimum Gasteiger partial charge on any atom is -0.495 e. The fraction of sp³-hybridized carbons (Fsp3) is 0.278. The Morgan fingerprint density at radius 2 is 1.96 bits per heavy atom. The Labute approximate surface area is 150 Å². The number of hydrogen-bond donors (Lipinski definition) is 0. The molecule has 0 amide bonds. The van der Waals surface area contributed by atoms with Gasteiger partial charge in [0, 0.05) is 16.9 Å². The number of fused-ring (bicyclic) bond motifs is 1. The molecule has 2 aromatic rings. The lowest BCUT2D eigenvalue weighted by Crippen LogP contribution is -2.02. The van der Waals surface area contributed by atoms with Gasteiger partial charge in [-0.1, -0.05) is 11.6 Å². The van der Waals surface area contributed by atoms with Crippen LogP contribution in [0.25, 0.3) is 0 Å². The zero-order valence-corrected chi connectivity index (χ0v) is 14.8. The molecule has 3 rings (SSSR count). The molecular weight excluding hydrogens is 348 g/mol. The van der Waals surface area contributed by atoms with Crippen LogP contribution in [0.5, 0.6) is 17.2 Å². The molecule has 0 spiro atoms. The molecule has 0 fully saturated rings. The molecule has 1 aliphatic rings. The zero-order chi connectivity index (χ0) is 16.9. The molecule has 0 saturated carbocycles. The summed E-state index contributed by atoms with van der Waals surface area (Å²) in [5, 5.41) is 0.434. The van der Waals surface area contributed by atoms with Crippen molar-refractivity contribution in [2.75, 3.05) is 26.1 Å². The van der Waals surface area contributed by atoms with E-state index in [4.69, 9.17) is 25.8 Å². The van der Waals surface area contributed by atoms with Crippen LogP contribution in [-0.2, 0) is 0 Å². The van der Waals surface area contributed by atoms with Crippen molar-refractivity contribution in [3.63, 3.8) is 0 Å². The van der Waals surface area contributed by atoms with Crippen LogP contribution in [0.3, 0.4) is 0 Å². The molecule has 4 nitrogen and oxygen atoms in total. The van der Waals surface area contributed by atoms with E-state index in [0.29, 0.717) is 35.3 Å². The van der Waals surface area contributed by atoms with Gasteiger partial charge in [-0.3, -0.25) is 4.79 Å². The molecule has 0 aliphatic carbocycles. The molecule has 0 unspecified atom stereocenters. The summed E-state index contributed by atoms with van der Waals surface area (Å²) >= 11 is 7.53. The molecule has 0 radical (unpaired) electrons. The molecule has 6 heteroatoms. The van der Waals surface area contributed by atoms with Gasteiger partial charge >= 0.3 is 0 Å². The maximum atomic E-state index is 12.3. The van der Waals surface area contributed by atoms with Crippen molar-refractivity contribution >= 4 is 29.1 Å². The Morgan fingerprint density at radius 3 is 2.71 bits per heavy atom. The van der Waals surface area contributed by atoms with E-state index in [1.165, 1.54) is 11.8 Å². The number of carbonyl (C=O) groups is 1. The minimum absolute atomic E-state index is 0.0108. The van der Waals surface area contributed by atoms with E-state index in [-0.39, 0.29) is 5.78 Å². The van der Waals surface area contributed by atoms with Gasteiger partial charge in [-0.15, -0.1) is 11.8 Å². The standard InChI is InChI=1S/C18H17ClO4S/c1-21-16-5-3-12(9-14(16)19)15(20)11-24-13-4-6-17-18(10-13)23-8-2-7-22-17/h3-6,9-10H,2,7-8,11H2,1H3. The van der Waals surface area contributed by atoms with Crippen molar-refractivity contribution in [3.8, 4) is 17.2 Å². The average molecular weight is 365 g/mol. The average Bonchev–Trinajstić information content (AvgIpc) is 2.84. The van der Waals surface area contributed by atoms with E-state index in [1.54, 1.807) is 25.3 Å². The number of Topliss-reactive ketones (excluding diaryl/α,β-unsaturated/α-hetero) is 1. The highest BCUT2D eigenvalue weighted by atomic mass is 35.5. The third kappa shape index (κ3) is 3.97. The number of halogens is 1. The van der Waals surface area contributed by atoms with Crippen LogP contribution in [0.4, 0.5) is 0 Å². The van der Waals surface area contributed by atoms with Gasteiger partial charge in [-0.2, -0.15) is 0 Å². The van der Waals surface area contributed by atoms with Crippen molar-refractivity contribution in [1.29, 1.82) is 0 Å². The van der Waals surface area contributed by atoms with Crippen molar-refractivity contribution in [1.82, 2.24) is 0 Å². The summed E-state index contributed by atoms with van der Waals surface area (Å²) in [4.78, 5) is 13.3. The van der Waals surface area contributed by atoms with E-state index in [1.807, 2.05) is 18.2 Å². The monoisotopic (exact) mass is 364 g/mol. The SMILES string of the molecule is COc1ccc(C(=O)CSc2ccc3c(c2)OCCCO3)cc1Cl. The quantitative estimate of drug-likeness (QED) is 0.578. The molecule has 0 saturated heterocycles. The second kappa shape index (κ2) is 7.81. The Balaban J connectivity index is 1.66. The highest BCUT2D eigenvalue weighted by Crippen LogP contribution is 2.34. The van der Waals surface area contributed by atoms with Crippen molar-refractivity contribution in [2.45, 2.75) is 11.3 Å². The summed E-state index contributed by atoms with van der Waals surface area (Å²) in [5.41, 5.74) is 0.572. The number of hydrogen-bond acceptors (Lipinski definition) is 5.